The van der Waals surface area contributed by atoms with Crippen molar-refractivity contribution in [3.05, 3.63) is 18.2 Å². The smallest absolute Gasteiger partial charge is 0.318 e. The molecule has 0 heterocycles. The number of carbonyl (C=O) groups is 1. The topological polar surface area (TPSA) is 93.1 Å². The van der Waals surface area contributed by atoms with Crippen LogP contribution in [-0.2, 0) is 14.8 Å². The maximum atomic E-state index is 12.3. The number of carboxylic acid groups (broad SMARTS) is 1. The van der Waals surface area contributed by atoms with E-state index in [1.165, 1.54) is 32.4 Å². The highest BCUT2D eigenvalue weighted by atomic mass is 32.2. The Morgan fingerprint density at radius 1 is 1.25 bits per heavy atom. The van der Waals surface area contributed by atoms with Crippen molar-refractivity contribution < 1.29 is 27.8 Å². The number of hydrogen-bond donors (Lipinski definition) is 1. The SMILES string of the molecule is CCN(CC(=O)O)S(=O)(=O)c1ccc(OC)c(OC)c1. The van der Waals surface area contributed by atoms with E-state index in [0.29, 0.717) is 5.75 Å². The quantitative estimate of drug-likeness (QED) is 0.801. The third-order valence-electron chi connectivity index (χ3n) is 2.66. The van der Waals surface area contributed by atoms with Crippen molar-refractivity contribution >= 4 is 16.0 Å². The van der Waals surface area contributed by atoms with E-state index < -0.39 is 22.5 Å². The fraction of sp³-hybridized carbons (Fsp3) is 0.417. The highest BCUT2D eigenvalue weighted by Crippen LogP contribution is 2.30. The first kappa shape index (κ1) is 16.3. The van der Waals surface area contributed by atoms with Gasteiger partial charge in [0.15, 0.2) is 11.5 Å². The molecule has 1 aromatic carbocycles. The molecule has 0 aromatic heterocycles. The first-order valence-electron chi connectivity index (χ1n) is 5.80. The summed E-state index contributed by atoms with van der Waals surface area (Å²) in [7, 11) is -1.06. The summed E-state index contributed by atoms with van der Waals surface area (Å²) < 4.78 is 35.6. The normalized spacial score (nSPS) is 11.4. The summed E-state index contributed by atoms with van der Waals surface area (Å²) in [5.41, 5.74) is 0. The summed E-state index contributed by atoms with van der Waals surface area (Å²) in [4.78, 5) is 10.7. The fourth-order valence-corrected chi connectivity index (χ4v) is 3.06. The van der Waals surface area contributed by atoms with Gasteiger partial charge in [0.2, 0.25) is 10.0 Å². The van der Waals surface area contributed by atoms with Crippen LogP contribution >= 0.6 is 0 Å². The third kappa shape index (κ3) is 3.40. The summed E-state index contributed by atoms with van der Waals surface area (Å²) in [6.45, 7) is 1.04. The Labute approximate surface area is 117 Å². The first-order chi connectivity index (χ1) is 9.36. The Hall–Kier alpha value is -1.80. The van der Waals surface area contributed by atoms with Crippen molar-refractivity contribution in [2.45, 2.75) is 11.8 Å². The molecule has 0 saturated heterocycles. The molecule has 0 spiro atoms. The first-order valence-corrected chi connectivity index (χ1v) is 7.24. The number of rotatable bonds is 7. The predicted molar refractivity (Wildman–Crippen MR) is 71.6 cm³/mol. The standard InChI is InChI=1S/C12H17NO6S/c1-4-13(8-12(14)15)20(16,17)9-5-6-10(18-2)11(7-9)19-3/h5-7H,4,8H2,1-3H3,(H,14,15). The summed E-state index contributed by atoms with van der Waals surface area (Å²) in [5.74, 6) is -0.552. The Bertz CT molecular complexity index is 584. The molecule has 0 aliphatic heterocycles. The summed E-state index contributed by atoms with van der Waals surface area (Å²) >= 11 is 0. The zero-order valence-electron chi connectivity index (χ0n) is 11.5. The van der Waals surface area contributed by atoms with Gasteiger partial charge in [-0.3, -0.25) is 4.79 Å². The molecular weight excluding hydrogens is 286 g/mol. The number of aliphatic carboxylic acids is 1. The van der Waals surface area contributed by atoms with Gasteiger partial charge in [-0.05, 0) is 12.1 Å². The second kappa shape index (κ2) is 6.58. The monoisotopic (exact) mass is 303 g/mol. The van der Waals surface area contributed by atoms with Crippen LogP contribution in [0.1, 0.15) is 6.92 Å². The lowest BCUT2D eigenvalue weighted by Gasteiger charge is -2.19. The molecule has 0 amide bonds. The van der Waals surface area contributed by atoms with Crippen molar-refractivity contribution in [2.24, 2.45) is 0 Å². The van der Waals surface area contributed by atoms with Gasteiger partial charge in [0.05, 0.1) is 19.1 Å². The highest BCUT2D eigenvalue weighted by Gasteiger charge is 2.26. The average molecular weight is 303 g/mol. The van der Waals surface area contributed by atoms with Crippen molar-refractivity contribution in [3.63, 3.8) is 0 Å². The molecule has 0 saturated carbocycles. The van der Waals surface area contributed by atoms with Gasteiger partial charge in [-0.1, -0.05) is 6.92 Å². The van der Waals surface area contributed by atoms with Gasteiger partial charge < -0.3 is 14.6 Å². The van der Waals surface area contributed by atoms with Gasteiger partial charge in [-0.25, -0.2) is 8.42 Å². The van der Waals surface area contributed by atoms with Crippen LogP contribution in [-0.4, -0.2) is 51.1 Å². The minimum atomic E-state index is -3.89. The Kier molecular flexibility index (Phi) is 5.34. The van der Waals surface area contributed by atoms with Crippen LogP contribution in [0.2, 0.25) is 0 Å². The van der Waals surface area contributed by atoms with E-state index in [0.717, 1.165) is 4.31 Å². The number of nitrogens with zero attached hydrogens (tertiary/aromatic N) is 1. The van der Waals surface area contributed by atoms with E-state index in [1.807, 2.05) is 0 Å². The van der Waals surface area contributed by atoms with E-state index in [2.05, 4.69) is 0 Å². The number of hydrogen-bond acceptors (Lipinski definition) is 5. The Morgan fingerprint density at radius 3 is 2.30 bits per heavy atom. The number of sulfonamides is 1. The molecule has 1 rings (SSSR count). The summed E-state index contributed by atoms with van der Waals surface area (Å²) in [5, 5.41) is 8.76. The molecular formula is C12H17NO6S. The third-order valence-corrected chi connectivity index (χ3v) is 4.57. The van der Waals surface area contributed by atoms with E-state index in [1.54, 1.807) is 6.92 Å². The molecule has 0 fully saturated rings. The highest BCUT2D eigenvalue weighted by molar-refractivity contribution is 7.89. The van der Waals surface area contributed by atoms with Gasteiger partial charge in [0.25, 0.3) is 0 Å². The molecule has 8 heteroatoms. The van der Waals surface area contributed by atoms with E-state index in [-0.39, 0.29) is 17.2 Å². The molecule has 0 aliphatic rings. The zero-order chi connectivity index (χ0) is 15.3. The number of methoxy groups -OCH3 is 2. The Morgan fingerprint density at radius 2 is 1.85 bits per heavy atom. The van der Waals surface area contributed by atoms with Crippen molar-refractivity contribution in [1.29, 1.82) is 0 Å². The molecule has 0 radical (unpaired) electrons. The zero-order valence-corrected chi connectivity index (χ0v) is 12.3. The Balaban J connectivity index is 3.23. The average Bonchev–Trinajstić information content (AvgIpc) is 2.43. The van der Waals surface area contributed by atoms with Gasteiger partial charge in [-0.15, -0.1) is 0 Å². The predicted octanol–water partition coefficient (Wildman–Crippen LogP) is 0.799. The molecule has 112 valence electrons. The molecule has 1 aromatic rings. The lowest BCUT2D eigenvalue weighted by Crippen LogP contribution is -2.35. The van der Waals surface area contributed by atoms with Crippen LogP contribution in [0, 0.1) is 0 Å². The van der Waals surface area contributed by atoms with Gasteiger partial charge in [0.1, 0.15) is 6.54 Å². The molecule has 1 N–H and O–H groups in total. The van der Waals surface area contributed by atoms with Crippen molar-refractivity contribution in [3.8, 4) is 11.5 Å². The van der Waals surface area contributed by atoms with Crippen LogP contribution in [0.4, 0.5) is 0 Å². The van der Waals surface area contributed by atoms with E-state index >= 15 is 0 Å². The van der Waals surface area contributed by atoms with Crippen molar-refractivity contribution in [1.82, 2.24) is 4.31 Å². The van der Waals surface area contributed by atoms with E-state index in [9.17, 15) is 13.2 Å². The largest absolute Gasteiger partial charge is 0.493 e. The molecule has 7 nitrogen and oxygen atoms in total. The number of ether oxygens (including phenoxy) is 2. The van der Waals surface area contributed by atoms with Crippen LogP contribution < -0.4 is 9.47 Å². The molecule has 0 bridgehead atoms. The second-order valence-corrected chi connectivity index (χ2v) is 5.78. The lowest BCUT2D eigenvalue weighted by molar-refractivity contribution is -0.137. The summed E-state index contributed by atoms with van der Waals surface area (Å²) in [6, 6.07) is 4.11. The molecule has 20 heavy (non-hydrogen) atoms. The minimum absolute atomic E-state index is 0.0433. The van der Waals surface area contributed by atoms with Crippen molar-refractivity contribution in [2.75, 3.05) is 27.3 Å². The van der Waals surface area contributed by atoms with Gasteiger partial charge >= 0.3 is 5.97 Å². The molecule has 0 unspecified atom stereocenters. The van der Waals surface area contributed by atoms with Gasteiger partial charge in [-0.2, -0.15) is 4.31 Å². The van der Waals surface area contributed by atoms with Crippen LogP contribution in [0.15, 0.2) is 23.1 Å². The molecule has 0 atom stereocenters. The minimum Gasteiger partial charge on any atom is -0.493 e. The second-order valence-electron chi connectivity index (χ2n) is 3.84. The lowest BCUT2D eigenvalue weighted by atomic mass is 10.3. The fourth-order valence-electron chi connectivity index (χ4n) is 1.64. The number of carboxylic acids is 1. The van der Waals surface area contributed by atoms with Crippen LogP contribution in [0.5, 0.6) is 11.5 Å². The molecule has 0 aliphatic carbocycles. The van der Waals surface area contributed by atoms with Crippen LogP contribution in [0.25, 0.3) is 0 Å². The van der Waals surface area contributed by atoms with E-state index in [4.69, 9.17) is 14.6 Å². The number of likely N-dealkylation sites (N-methyl/N-ethyl adjacent to an activating group) is 1. The van der Waals surface area contributed by atoms with Gasteiger partial charge in [0, 0.05) is 12.6 Å². The maximum absolute atomic E-state index is 12.3. The summed E-state index contributed by atoms with van der Waals surface area (Å²) in [6.07, 6.45) is 0. The number of benzene rings is 1. The van der Waals surface area contributed by atoms with Crippen LogP contribution in [0.3, 0.4) is 0 Å². The maximum Gasteiger partial charge on any atom is 0.318 e.